The smallest absolute Gasteiger partial charge is 0.282 e. The zero-order valence-corrected chi connectivity index (χ0v) is 14.4. The Hall–Kier alpha value is -3.28. The van der Waals surface area contributed by atoms with E-state index in [4.69, 9.17) is 0 Å². The van der Waals surface area contributed by atoms with Gasteiger partial charge in [-0.2, -0.15) is 0 Å². The largest absolute Gasteiger partial charge is 0.285 e. The predicted molar refractivity (Wildman–Crippen MR) is 93.1 cm³/mol. The Morgan fingerprint density at radius 2 is 1.19 bits per heavy atom. The van der Waals surface area contributed by atoms with Gasteiger partial charge < -0.3 is 0 Å². The summed E-state index contributed by atoms with van der Waals surface area (Å²) in [4.78, 5) is 50.3. The van der Waals surface area contributed by atoms with Crippen LogP contribution in [0.4, 0.5) is 5.69 Å². The van der Waals surface area contributed by atoms with E-state index in [-0.39, 0.29) is 0 Å². The minimum absolute atomic E-state index is 0.369. The number of rotatable bonds is 3. The number of carbonyl (C=O) groups excluding carboxylic acids is 4. The second kappa shape index (κ2) is 5.36. The lowest BCUT2D eigenvalue weighted by Crippen LogP contribution is -2.83. The van der Waals surface area contributed by atoms with Gasteiger partial charge in [-0.1, -0.05) is 42.0 Å². The van der Waals surface area contributed by atoms with Crippen LogP contribution in [-0.4, -0.2) is 35.6 Å². The van der Waals surface area contributed by atoms with Crippen LogP contribution in [0.15, 0.2) is 48.5 Å². The minimum Gasteiger partial charge on any atom is -0.282 e. The number of β-lactam (4-membered cyclic amide) rings is 4. The molecule has 0 unspecified atom stereocenters. The maximum Gasteiger partial charge on any atom is 0.285 e. The zero-order valence-electron chi connectivity index (χ0n) is 14.4. The SMILES string of the molecule is Cc1ccc(Cc2ccc(N3C(=O)C4(C(=O)N(C)C4=O)C3=O)cc2)cc1. The molecule has 4 amide bonds. The second-order valence-corrected chi connectivity index (χ2v) is 6.69. The van der Waals surface area contributed by atoms with Crippen LogP contribution in [0.5, 0.6) is 0 Å². The van der Waals surface area contributed by atoms with Crippen molar-refractivity contribution in [2.75, 3.05) is 11.9 Å². The third-order valence-corrected chi connectivity index (χ3v) is 5.02. The van der Waals surface area contributed by atoms with Crippen LogP contribution in [0.25, 0.3) is 0 Å². The van der Waals surface area contributed by atoms with Gasteiger partial charge in [0.25, 0.3) is 29.0 Å². The summed E-state index contributed by atoms with van der Waals surface area (Å²) in [6, 6.07) is 15.2. The molecule has 0 saturated carbocycles. The molecule has 0 aromatic heterocycles. The molecule has 2 fully saturated rings. The highest BCUT2D eigenvalue weighted by Crippen LogP contribution is 2.46. The van der Waals surface area contributed by atoms with Crippen LogP contribution in [-0.2, 0) is 25.6 Å². The topological polar surface area (TPSA) is 74.8 Å². The highest BCUT2D eigenvalue weighted by atomic mass is 16.2. The number of carbonyl (C=O) groups is 4. The number of nitrogens with zero attached hydrogens (tertiary/aromatic N) is 2. The fourth-order valence-corrected chi connectivity index (χ4v) is 3.40. The summed E-state index contributed by atoms with van der Waals surface area (Å²) in [7, 11) is 1.26. The molecule has 6 nitrogen and oxygen atoms in total. The third kappa shape index (κ3) is 1.92. The molecule has 0 bridgehead atoms. The third-order valence-electron chi connectivity index (χ3n) is 5.02. The highest BCUT2D eigenvalue weighted by molar-refractivity contribution is 6.59. The normalized spacial score (nSPS) is 18.2. The molecular formula is C20H16N2O4. The summed E-state index contributed by atoms with van der Waals surface area (Å²) < 4.78 is 0. The lowest BCUT2D eigenvalue weighted by atomic mass is 9.69. The Bertz CT molecular complexity index is 926. The number of likely N-dealkylation sites (tertiary alicyclic amines) is 1. The van der Waals surface area contributed by atoms with Crippen molar-refractivity contribution in [1.29, 1.82) is 0 Å². The number of hydrogen-bond donors (Lipinski definition) is 0. The fourth-order valence-electron chi connectivity index (χ4n) is 3.40. The van der Waals surface area contributed by atoms with Gasteiger partial charge in [-0.05, 0) is 36.6 Å². The molecule has 0 radical (unpaired) electrons. The van der Waals surface area contributed by atoms with E-state index in [0.717, 1.165) is 27.3 Å². The van der Waals surface area contributed by atoms with E-state index in [0.29, 0.717) is 5.69 Å². The van der Waals surface area contributed by atoms with Gasteiger partial charge in [-0.15, -0.1) is 0 Å². The van der Waals surface area contributed by atoms with Crippen molar-refractivity contribution in [3.05, 3.63) is 65.2 Å². The summed E-state index contributed by atoms with van der Waals surface area (Å²) in [5.41, 5.74) is 1.64. The maximum absolute atomic E-state index is 12.4. The molecule has 2 saturated heterocycles. The first-order valence-electron chi connectivity index (χ1n) is 8.23. The number of amides is 4. The number of hydrogen-bond acceptors (Lipinski definition) is 4. The minimum atomic E-state index is -2.12. The monoisotopic (exact) mass is 348 g/mol. The Kier molecular flexibility index (Phi) is 3.34. The first kappa shape index (κ1) is 16.2. The molecule has 2 heterocycles. The van der Waals surface area contributed by atoms with Gasteiger partial charge in [0.15, 0.2) is 0 Å². The standard InChI is InChI=1S/C20H16N2O4/c1-12-3-5-13(6-4-12)11-14-7-9-15(10-8-14)22-18(25)20(19(22)26)16(23)21(2)17(20)24/h3-10H,11H2,1-2H3. The summed E-state index contributed by atoms with van der Waals surface area (Å²) in [6.45, 7) is 2.03. The van der Waals surface area contributed by atoms with E-state index < -0.39 is 29.0 Å². The van der Waals surface area contributed by atoms with Crippen molar-refractivity contribution in [3.63, 3.8) is 0 Å². The van der Waals surface area contributed by atoms with Crippen LogP contribution < -0.4 is 4.90 Å². The maximum atomic E-state index is 12.4. The van der Waals surface area contributed by atoms with Crippen LogP contribution in [0.3, 0.4) is 0 Å². The Morgan fingerprint density at radius 1 is 0.731 bits per heavy atom. The van der Waals surface area contributed by atoms with Gasteiger partial charge in [0.2, 0.25) is 0 Å². The van der Waals surface area contributed by atoms with Crippen molar-refractivity contribution >= 4 is 29.3 Å². The average molecular weight is 348 g/mol. The molecule has 2 aliphatic heterocycles. The van der Waals surface area contributed by atoms with E-state index in [2.05, 4.69) is 12.1 Å². The van der Waals surface area contributed by atoms with Gasteiger partial charge in [-0.25, -0.2) is 4.90 Å². The van der Waals surface area contributed by atoms with E-state index in [9.17, 15) is 19.2 Å². The molecule has 26 heavy (non-hydrogen) atoms. The lowest BCUT2D eigenvalue weighted by Gasteiger charge is -2.51. The van der Waals surface area contributed by atoms with E-state index in [1.165, 1.54) is 12.6 Å². The van der Waals surface area contributed by atoms with E-state index in [1.807, 2.05) is 31.2 Å². The molecule has 6 heteroatoms. The summed E-state index contributed by atoms with van der Waals surface area (Å²) in [5, 5.41) is 0. The van der Waals surface area contributed by atoms with Crippen molar-refractivity contribution in [1.82, 2.24) is 4.90 Å². The van der Waals surface area contributed by atoms with Crippen LogP contribution >= 0.6 is 0 Å². The average Bonchev–Trinajstić information content (AvgIpc) is 2.65. The van der Waals surface area contributed by atoms with Crippen LogP contribution in [0.2, 0.25) is 0 Å². The van der Waals surface area contributed by atoms with Crippen molar-refractivity contribution in [2.24, 2.45) is 5.41 Å². The molecule has 2 aromatic rings. The number of imide groups is 2. The molecule has 4 rings (SSSR count). The van der Waals surface area contributed by atoms with Crippen LogP contribution in [0, 0.1) is 12.3 Å². The molecule has 0 aliphatic carbocycles. The van der Waals surface area contributed by atoms with Gasteiger partial charge in [-0.3, -0.25) is 24.1 Å². The van der Waals surface area contributed by atoms with E-state index >= 15 is 0 Å². The fraction of sp³-hybridized carbons (Fsp3) is 0.200. The molecule has 1 spiro atoms. The lowest BCUT2D eigenvalue weighted by molar-refractivity contribution is -0.184. The van der Waals surface area contributed by atoms with Crippen molar-refractivity contribution in [2.45, 2.75) is 13.3 Å². The number of anilines is 1. The second-order valence-electron chi connectivity index (χ2n) is 6.69. The van der Waals surface area contributed by atoms with Gasteiger partial charge >= 0.3 is 0 Å². The molecule has 130 valence electrons. The van der Waals surface area contributed by atoms with E-state index in [1.54, 1.807) is 12.1 Å². The Balaban J connectivity index is 1.52. The number of benzene rings is 2. The summed E-state index contributed by atoms with van der Waals surface area (Å²) >= 11 is 0. The summed E-state index contributed by atoms with van der Waals surface area (Å²) in [5.74, 6) is -3.02. The van der Waals surface area contributed by atoms with Gasteiger partial charge in [0.1, 0.15) is 0 Å². The predicted octanol–water partition coefficient (Wildman–Crippen LogP) is 1.44. The molecule has 2 aromatic carbocycles. The molecule has 2 aliphatic rings. The quantitative estimate of drug-likeness (QED) is 0.621. The molecule has 0 N–H and O–H groups in total. The first-order valence-corrected chi connectivity index (χ1v) is 8.23. The highest BCUT2D eigenvalue weighted by Gasteiger charge is 2.79. The Labute approximate surface area is 150 Å². The zero-order chi connectivity index (χ0) is 18.6. The number of aryl methyl sites for hydroxylation is 1. The first-order chi connectivity index (χ1) is 12.4. The molecule has 0 atom stereocenters. The summed E-state index contributed by atoms with van der Waals surface area (Å²) in [6.07, 6.45) is 0.730. The molecular weight excluding hydrogens is 332 g/mol. The van der Waals surface area contributed by atoms with Crippen molar-refractivity contribution < 1.29 is 19.2 Å². The van der Waals surface area contributed by atoms with Gasteiger partial charge in [0.05, 0.1) is 5.69 Å². The Morgan fingerprint density at radius 3 is 1.69 bits per heavy atom. The van der Waals surface area contributed by atoms with Crippen LogP contribution in [0.1, 0.15) is 16.7 Å². The van der Waals surface area contributed by atoms with Gasteiger partial charge in [0, 0.05) is 7.05 Å². The van der Waals surface area contributed by atoms with Crippen molar-refractivity contribution in [3.8, 4) is 0 Å².